The Morgan fingerprint density at radius 1 is 1.05 bits per heavy atom. The third-order valence-electron chi connectivity index (χ3n) is 2.81. The molecule has 0 unspecified atom stereocenters. The van der Waals surface area contributed by atoms with E-state index in [1.165, 1.54) is 6.07 Å². The standard InChI is InChI=1S/C14H10BrN3O2/c15-10-4-1-8(2-5-10)13-17-14(20-18-13)9-3-6-11(16)12(19)7-9/h1-7,19H,16H2. The lowest BCUT2D eigenvalue weighted by Gasteiger charge is -1.99. The van der Waals surface area contributed by atoms with Crippen molar-refractivity contribution < 1.29 is 9.63 Å². The fourth-order valence-corrected chi connectivity index (χ4v) is 2.00. The van der Waals surface area contributed by atoms with Gasteiger partial charge in [0.25, 0.3) is 5.89 Å². The molecule has 0 amide bonds. The third-order valence-corrected chi connectivity index (χ3v) is 3.33. The smallest absolute Gasteiger partial charge is 0.258 e. The lowest BCUT2D eigenvalue weighted by Crippen LogP contribution is -1.86. The van der Waals surface area contributed by atoms with Crippen LogP contribution in [0.15, 0.2) is 51.5 Å². The van der Waals surface area contributed by atoms with E-state index < -0.39 is 0 Å². The van der Waals surface area contributed by atoms with Crippen molar-refractivity contribution in [3.63, 3.8) is 0 Å². The summed E-state index contributed by atoms with van der Waals surface area (Å²) in [5.41, 5.74) is 7.33. The van der Waals surface area contributed by atoms with Gasteiger partial charge in [-0.05, 0) is 42.5 Å². The molecule has 100 valence electrons. The quantitative estimate of drug-likeness (QED) is 0.554. The summed E-state index contributed by atoms with van der Waals surface area (Å²) < 4.78 is 6.19. The van der Waals surface area contributed by atoms with Crippen LogP contribution in [0, 0.1) is 0 Å². The number of nitrogen functional groups attached to an aromatic ring is 1. The Morgan fingerprint density at radius 3 is 2.45 bits per heavy atom. The average molecular weight is 332 g/mol. The number of nitrogens with zero attached hydrogens (tertiary/aromatic N) is 2. The zero-order chi connectivity index (χ0) is 14.1. The second-order valence-electron chi connectivity index (χ2n) is 4.20. The molecular formula is C14H10BrN3O2. The van der Waals surface area contributed by atoms with Crippen molar-refractivity contribution in [1.82, 2.24) is 10.1 Å². The zero-order valence-corrected chi connectivity index (χ0v) is 11.8. The highest BCUT2D eigenvalue weighted by Crippen LogP contribution is 2.28. The van der Waals surface area contributed by atoms with Crippen molar-refractivity contribution in [2.45, 2.75) is 0 Å². The maximum atomic E-state index is 9.60. The van der Waals surface area contributed by atoms with E-state index in [-0.39, 0.29) is 5.75 Å². The maximum absolute atomic E-state index is 9.60. The number of anilines is 1. The molecule has 2 aromatic carbocycles. The Bertz CT molecular complexity index is 753. The first-order valence-corrected chi connectivity index (χ1v) is 6.61. The summed E-state index contributed by atoms with van der Waals surface area (Å²) in [6, 6.07) is 12.4. The van der Waals surface area contributed by atoms with E-state index in [4.69, 9.17) is 10.3 Å². The molecule has 0 fully saturated rings. The van der Waals surface area contributed by atoms with Gasteiger partial charge in [-0.1, -0.05) is 21.1 Å². The fraction of sp³-hybridized carbons (Fsp3) is 0. The van der Waals surface area contributed by atoms with Gasteiger partial charge in [-0.25, -0.2) is 0 Å². The van der Waals surface area contributed by atoms with Crippen molar-refractivity contribution in [2.75, 3.05) is 5.73 Å². The molecule has 20 heavy (non-hydrogen) atoms. The lowest BCUT2D eigenvalue weighted by atomic mass is 10.2. The van der Waals surface area contributed by atoms with Crippen LogP contribution in [-0.2, 0) is 0 Å². The normalized spacial score (nSPS) is 10.7. The van der Waals surface area contributed by atoms with Crippen LogP contribution in [0.2, 0.25) is 0 Å². The Hall–Kier alpha value is -2.34. The molecule has 0 atom stereocenters. The Labute approximate surface area is 123 Å². The van der Waals surface area contributed by atoms with Gasteiger partial charge in [0.1, 0.15) is 5.75 Å². The van der Waals surface area contributed by atoms with Gasteiger partial charge >= 0.3 is 0 Å². The van der Waals surface area contributed by atoms with Crippen LogP contribution in [-0.4, -0.2) is 15.2 Å². The number of aromatic hydroxyl groups is 1. The molecule has 0 saturated heterocycles. The third kappa shape index (κ3) is 2.37. The number of rotatable bonds is 2. The van der Waals surface area contributed by atoms with Crippen molar-refractivity contribution >= 4 is 21.6 Å². The highest BCUT2D eigenvalue weighted by atomic mass is 79.9. The fourth-order valence-electron chi connectivity index (χ4n) is 1.73. The summed E-state index contributed by atoms with van der Waals surface area (Å²) in [4.78, 5) is 4.31. The summed E-state index contributed by atoms with van der Waals surface area (Å²) in [6.07, 6.45) is 0. The number of benzene rings is 2. The number of nitrogens with two attached hydrogens (primary N) is 1. The predicted molar refractivity (Wildman–Crippen MR) is 78.9 cm³/mol. The van der Waals surface area contributed by atoms with Crippen LogP contribution in [0.3, 0.4) is 0 Å². The number of hydrogen-bond donors (Lipinski definition) is 2. The van der Waals surface area contributed by atoms with E-state index in [1.54, 1.807) is 12.1 Å². The summed E-state index contributed by atoms with van der Waals surface area (Å²) in [5.74, 6) is 0.813. The van der Waals surface area contributed by atoms with Crippen molar-refractivity contribution in [3.05, 3.63) is 46.9 Å². The monoisotopic (exact) mass is 331 g/mol. The maximum Gasteiger partial charge on any atom is 0.258 e. The first-order chi connectivity index (χ1) is 9.63. The van der Waals surface area contributed by atoms with Crippen LogP contribution in [0.4, 0.5) is 5.69 Å². The SMILES string of the molecule is Nc1ccc(-c2nc(-c3ccc(Br)cc3)no2)cc1O. The minimum Gasteiger partial charge on any atom is -0.506 e. The van der Waals surface area contributed by atoms with Crippen molar-refractivity contribution in [1.29, 1.82) is 0 Å². The molecule has 0 saturated carbocycles. The van der Waals surface area contributed by atoms with Gasteiger partial charge in [-0.3, -0.25) is 0 Å². The first kappa shape index (κ1) is 12.7. The molecule has 0 spiro atoms. The van der Waals surface area contributed by atoms with Gasteiger partial charge in [0.05, 0.1) is 5.69 Å². The van der Waals surface area contributed by atoms with Gasteiger partial charge in [0.2, 0.25) is 5.82 Å². The lowest BCUT2D eigenvalue weighted by molar-refractivity contribution is 0.431. The molecule has 5 nitrogen and oxygen atoms in total. The Balaban J connectivity index is 1.97. The number of phenolic OH excluding ortho intramolecular Hbond substituents is 1. The van der Waals surface area contributed by atoms with E-state index in [0.717, 1.165) is 10.0 Å². The summed E-state index contributed by atoms with van der Waals surface area (Å²) in [5, 5.41) is 13.5. The van der Waals surface area contributed by atoms with E-state index in [9.17, 15) is 5.11 Å². The van der Waals surface area contributed by atoms with Gasteiger partial charge in [0, 0.05) is 15.6 Å². The molecule has 3 aromatic rings. The van der Waals surface area contributed by atoms with Crippen LogP contribution in [0.25, 0.3) is 22.8 Å². The highest BCUT2D eigenvalue weighted by Gasteiger charge is 2.11. The van der Waals surface area contributed by atoms with Crippen LogP contribution >= 0.6 is 15.9 Å². The zero-order valence-electron chi connectivity index (χ0n) is 10.2. The van der Waals surface area contributed by atoms with Gasteiger partial charge in [0.15, 0.2) is 0 Å². The summed E-state index contributed by atoms with van der Waals surface area (Å²) in [6.45, 7) is 0. The van der Waals surface area contributed by atoms with Crippen LogP contribution in [0.5, 0.6) is 5.75 Å². The number of halogens is 1. The second kappa shape index (κ2) is 4.97. The van der Waals surface area contributed by atoms with Crippen LogP contribution < -0.4 is 5.73 Å². The first-order valence-electron chi connectivity index (χ1n) is 5.82. The van der Waals surface area contributed by atoms with Gasteiger partial charge in [-0.2, -0.15) is 4.98 Å². The molecule has 0 aliphatic rings. The van der Waals surface area contributed by atoms with Crippen LogP contribution in [0.1, 0.15) is 0 Å². The number of aromatic nitrogens is 2. The molecule has 3 N–H and O–H groups in total. The van der Waals surface area contributed by atoms with E-state index >= 15 is 0 Å². The molecule has 6 heteroatoms. The molecule has 0 radical (unpaired) electrons. The molecule has 3 rings (SSSR count). The van der Waals surface area contributed by atoms with Gasteiger partial charge < -0.3 is 15.4 Å². The molecule has 0 aliphatic carbocycles. The topological polar surface area (TPSA) is 85.2 Å². The molecule has 0 bridgehead atoms. The number of phenols is 1. The van der Waals surface area contributed by atoms with Gasteiger partial charge in [-0.15, -0.1) is 0 Å². The molecule has 0 aliphatic heterocycles. The largest absolute Gasteiger partial charge is 0.506 e. The molecule has 1 heterocycles. The minimum absolute atomic E-state index is 0.00843. The molecule has 1 aromatic heterocycles. The minimum atomic E-state index is -0.00843. The highest BCUT2D eigenvalue weighted by molar-refractivity contribution is 9.10. The Morgan fingerprint density at radius 2 is 1.75 bits per heavy atom. The van der Waals surface area contributed by atoms with Crippen molar-refractivity contribution in [3.8, 4) is 28.6 Å². The second-order valence-corrected chi connectivity index (χ2v) is 5.12. The summed E-state index contributed by atoms with van der Waals surface area (Å²) in [7, 11) is 0. The Kier molecular flexibility index (Phi) is 3.15. The van der Waals surface area contributed by atoms with E-state index in [2.05, 4.69) is 26.1 Å². The predicted octanol–water partition coefficient (Wildman–Crippen LogP) is 3.45. The number of hydrogen-bond acceptors (Lipinski definition) is 5. The summed E-state index contributed by atoms with van der Waals surface area (Å²) >= 11 is 3.37. The van der Waals surface area contributed by atoms with Crippen molar-refractivity contribution in [2.24, 2.45) is 0 Å². The molecular weight excluding hydrogens is 322 g/mol. The average Bonchev–Trinajstić information content (AvgIpc) is 2.92. The van der Waals surface area contributed by atoms with E-state index in [0.29, 0.717) is 23.0 Å². The van der Waals surface area contributed by atoms with E-state index in [1.807, 2.05) is 24.3 Å².